The Kier molecular flexibility index (Phi) is 4.47. The van der Waals surface area contributed by atoms with E-state index in [-0.39, 0.29) is 0 Å². The molecule has 2 N–H and O–H groups in total. The monoisotopic (exact) mass is 271 g/mol. The van der Waals surface area contributed by atoms with E-state index in [1.54, 1.807) is 6.20 Å². The number of thiocarbonyl (C=S) groups is 1. The van der Waals surface area contributed by atoms with Gasteiger partial charge in [-0.05, 0) is 24.6 Å². The van der Waals surface area contributed by atoms with Crippen molar-refractivity contribution in [1.82, 2.24) is 4.98 Å². The topological polar surface area (TPSA) is 42.1 Å². The van der Waals surface area contributed by atoms with Crippen LogP contribution in [0.25, 0.3) is 0 Å². The van der Waals surface area contributed by atoms with E-state index in [9.17, 15) is 0 Å². The van der Waals surface area contributed by atoms with Crippen LogP contribution in [-0.4, -0.2) is 16.5 Å². The number of hydrogen-bond donors (Lipinski definition) is 1. The number of nitrogens with two attached hydrogens (primary N) is 1. The molecule has 1 aromatic carbocycles. The molecule has 0 atom stereocenters. The first kappa shape index (κ1) is 13.5. The van der Waals surface area contributed by atoms with Crippen LogP contribution < -0.4 is 10.6 Å². The normalized spacial score (nSPS) is 10.2. The van der Waals surface area contributed by atoms with E-state index in [1.807, 2.05) is 30.3 Å². The van der Waals surface area contributed by atoms with Crippen LogP contribution in [0.4, 0.5) is 5.82 Å². The number of pyridine rings is 1. The average molecular weight is 271 g/mol. The van der Waals surface area contributed by atoms with Crippen LogP contribution in [-0.2, 0) is 6.54 Å². The third kappa shape index (κ3) is 3.51. The van der Waals surface area contributed by atoms with E-state index >= 15 is 0 Å². The lowest BCUT2D eigenvalue weighted by molar-refractivity contribution is 0.813. The summed E-state index contributed by atoms with van der Waals surface area (Å²) in [6, 6.07) is 14.1. The van der Waals surface area contributed by atoms with Gasteiger partial charge >= 0.3 is 0 Å². The van der Waals surface area contributed by atoms with Crippen LogP contribution in [0.1, 0.15) is 18.1 Å². The zero-order chi connectivity index (χ0) is 13.7. The Morgan fingerprint density at radius 1 is 1.26 bits per heavy atom. The third-order valence-electron chi connectivity index (χ3n) is 2.95. The summed E-state index contributed by atoms with van der Waals surface area (Å²) in [5.74, 6) is 0.900. The molecule has 0 saturated heterocycles. The minimum atomic E-state index is 0.402. The molecule has 2 rings (SSSR count). The van der Waals surface area contributed by atoms with Gasteiger partial charge in [0.2, 0.25) is 0 Å². The van der Waals surface area contributed by atoms with Crippen molar-refractivity contribution in [3.05, 3.63) is 59.8 Å². The van der Waals surface area contributed by atoms with E-state index < -0.39 is 0 Å². The lowest BCUT2D eigenvalue weighted by Gasteiger charge is -2.22. The van der Waals surface area contributed by atoms with Gasteiger partial charge in [-0.1, -0.05) is 42.5 Å². The second kappa shape index (κ2) is 6.29. The molecule has 0 saturated carbocycles. The van der Waals surface area contributed by atoms with Crippen molar-refractivity contribution >= 4 is 23.0 Å². The fraction of sp³-hybridized carbons (Fsp3) is 0.200. The van der Waals surface area contributed by atoms with Crippen molar-refractivity contribution in [1.29, 1.82) is 0 Å². The molecule has 0 aliphatic heterocycles. The fourth-order valence-corrected chi connectivity index (χ4v) is 2.03. The largest absolute Gasteiger partial charge is 0.389 e. The van der Waals surface area contributed by atoms with Crippen molar-refractivity contribution in [2.45, 2.75) is 13.5 Å². The van der Waals surface area contributed by atoms with E-state index in [2.05, 4.69) is 28.9 Å². The van der Waals surface area contributed by atoms with E-state index in [0.29, 0.717) is 4.99 Å². The van der Waals surface area contributed by atoms with Crippen LogP contribution in [0.15, 0.2) is 48.7 Å². The molecule has 1 heterocycles. The Morgan fingerprint density at radius 2 is 2.00 bits per heavy atom. The smallest absolute Gasteiger partial charge is 0.129 e. The summed E-state index contributed by atoms with van der Waals surface area (Å²) in [6.45, 7) is 3.81. The van der Waals surface area contributed by atoms with Gasteiger partial charge in [-0.25, -0.2) is 4.98 Å². The summed E-state index contributed by atoms with van der Waals surface area (Å²) in [7, 11) is 0. The summed E-state index contributed by atoms with van der Waals surface area (Å²) >= 11 is 5.01. The Bertz CT molecular complexity index is 554. The standard InChI is InChI=1S/C15H17N3S/c1-2-18(11-12-6-4-3-5-7-12)14-10-13(15(16)19)8-9-17-14/h3-10H,2,11H2,1H3,(H2,16,19). The first-order chi connectivity index (χ1) is 9.20. The van der Waals surface area contributed by atoms with Crippen molar-refractivity contribution in [3.63, 3.8) is 0 Å². The molecule has 0 spiro atoms. The number of anilines is 1. The van der Waals surface area contributed by atoms with E-state index in [1.165, 1.54) is 5.56 Å². The molecule has 19 heavy (non-hydrogen) atoms. The van der Waals surface area contributed by atoms with Crippen LogP contribution in [0.3, 0.4) is 0 Å². The summed E-state index contributed by atoms with van der Waals surface area (Å²) in [5.41, 5.74) is 7.77. The van der Waals surface area contributed by atoms with Gasteiger partial charge in [-0.15, -0.1) is 0 Å². The van der Waals surface area contributed by atoms with Gasteiger partial charge in [-0.3, -0.25) is 0 Å². The molecule has 98 valence electrons. The Morgan fingerprint density at radius 3 is 2.63 bits per heavy atom. The maximum absolute atomic E-state index is 5.66. The summed E-state index contributed by atoms with van der Waals surface area (Å²) < 4.78 is 0. The summed E-state index contributed by atoms with van der Waals surface area (Å²) in [4.78, 5) is 6.99. The molecule has 3 nitrogen and oxygen atoms in total. The van der Waals surface area contributed by atoms with E-state index in [4.69, 9.17) is 18.0 Å². The van der Waals surface area contributed by atoms with E-state index in [0.717, 1.165) is 24.5 Å². The Hall–Kier alpha value is -1.94. The van der Waals surface area contributed by atoms with Gasteiger partial charge < -0.3 is 10.6 Å². The number of rotatable bonds is 5. The molecule has 0 radical (unpaired) electrons. The second-order valence-electron chi connectivity index (χ2n) is 4.27. The molecule has 4 heteroatoms. The highest BCUT2D eigenvalue weighted by Crippen LogP contribution is 2.15. The summed E-state index contributed by atoms with van der Waals surface area (Å²) in [6.07, 6.45) is 1.75. The van der Waals surface area contributed by atoms with Crippen molar-refractivity contribution in [3.8, 4) is 0 Å². The highest BCUT2D eigenvalue weighted by atomic mass is 32.1. The van der Waals surface area contributed by atoms with Crippen molar-refractivity contribution in [2.75, 3.05) is 11.4 Å². The van der Waals surface area contributed by atoms with Crippen LogP contribution in [0.2, 0.25) is 0 Å². The predicted molar refractivity (Wildman–Crippen MR) is 83.3 cm³/mol. The highest BCUT2D eigenvalue weighted by Gasteiger charge is 2.08. The lowest BCUT2D eigenvalue weighted by Crippen LogP contribution is -2.23. The molecule has 0 aliphatic carbocycles. The van der Waals surface area contributed by atoms with Gasteiger partial charge in [0.1, 0.15) is 10.8 Å². The number of aromatic nitrogens is 1. The first-order valence-electron chi connectivity index (χ1n) is 6.25. The predicted octanol–water partition coefficient (Wildman–Crippen LogP) is 2.74. The second-order valence-corrected chi connectivity index (χ2v) is 4.71. The molecule has 0 aliphatic rings. The summed E-state index contributed by atoms with van der Waals surface area (Å²) in [5, 5.41) is 0. The molecule has 0 fully saturated rings. The maximum Gasteiger partial charge on any atom is 0.129 e. The third-order valence-corrected chi connectivity index (χ3v) is 3.19. The Balaban J connectivity index is 2.22. The minimum absolute atomic E-state index is 0.402. The van der Waals surface area contributed by atoms with Crippen molar-refractivity contribution < 1.29 is 0 Å². The zero-order valence-corrected chi connectivity index (χ0v) is 11.7. The Labute approximate surface area is 119 Å². The number of nitrogens with zero attached hydrogens (tertiary/aromatic N) is 2. The first-order valence-corrected chi connectivity index (χ1v) is 6.66. The average Bonchev–Trinajstić information content (AvgIpc) is 2.46. The van der Waals surface area contributed by atoms with Crippen LogP contribution in [0, 0.1) is 0 Å². The molecule has 2 aromatic rings. The minimum Gasteiger partial charge on any atom is -0.389 e. The van der Waals surface area contributed by atoms with Gasteiger partial charge in [0.05, 0.1) is 0 Å². The van der Waals surface area contributed by atoms with Gasteiger partial charge in [0, 0.05) is 24.8 Å². The van der Waals surface area contributed by atoms with Crippen LogP contribution >= 0.6 is 12.2 Å². The maximum atomic E-state index is 5.66. The molecular weight excluding hydrogens is 254 g/mol. The van der Waals surface area contributed by atoms with Gasteiger partial charge in [0.15, 0.2) is 0 Å². The molecule has 0 bridgehead atoms. The fourth-order valence-electron chi connectivity index (χ4n) is 1.90. The SMILES string of the molecule is CCN(Cc1ccccc1)c1cc(C(N)=S)ccn1. The number of hydrogen-bond acceptors (Lipinski definition) is 3. The molecular formula is C15H17N3S. The van der Waals surface area contributed by atoms with Gasteiger partial charge in [-0.2, -0.15) is 0 Å². The zero-order valence-electron chi connectivity index (χ0n) is 10.9. The highest BCUT2D eigenvalue weighted by molar-refractivity contribution is 7.80. The molecule has 0 unspecified atom stereocenters. The number of benzene rings is 1. The molecule has 0 amide bonds. The van der Waals surface area contributed by atoms with Gasteiger partial charge in [0.25, 0.3) is 0 Å². The molecule has 1 aromatic heterocycles. The van der Waals surface area contributed by atoms with Crippen LogP contribution in [0.5, 0.6) is 0 Å². The quantitative estimate of drug-likeness (QED) is 0.849. The van der Waals surface area contributed by atoms with Crippen molar-refractivity contribution in [2.24, 2.45) is 5.73 Å². The lowest BCUT2D eigenvalue weighted by atomic mass is 10.2.